The number of nitrogens with two attached hydrogens (primary N) is 1. The molecule has 1 heterocycles. The SMILES string of the molecule is NCCc1ccc(S(=O)(=O)NCCC2CC2)s1. The van der Waals surface area contributed by atoms with Gasteiger partial charge in [0.2, 0.25) is 10.0 Å². The van der Waals surface area contributed by atoms with Crippen molar-refractivity contribution in [3.63, 3.8) is 0 Å². The van der Waals surface area contributed by atoms with Crippen molar-refractivity contribution in [1.82, 2.24) is 4.72 Å². The van der Waals surface area contributed by atoms with Gasteiger partial charge in [0.05, 0.1) is 0 Å². The second kappa shape index (κ2) is 5.48. The zero-order chi connectivity index (χ0) is 12.3. The predicted octanol–water partition coefficient (Wildman–Crippen LogP) is 1.33. The average molecular weight is 274 g/mol. The molecule has 1 saturated carbocycles. The highest BCUT2D eigenvalue weighted by Gasteiger charge is 2.22. The third-order valence-electron chi connectivity index (χ3n) is 2.83. The number of hydrogen-bond donors (Lipinski definition) is 2. The maximum atomic E-state index is 11.9. The largest absolute Gasteiger partial charge is 0.330 e. The van der Waals surface area contributed by atoms with Crippen molar-refractivity contribution < 1.29 is 8.42 Å². The Labute approximate surface area is 106 Å². The second-order valence-electron chi connectivity index (χ2n) is 4.39. The van der Waals surface area contributed by atoms with E-state index in [1.165, 1.54) is 24.2 Å². The van der Waals surface area contributed by atoms with Crippen molar-refractivity contribution in [2.24, 2.45) is 11.7 Å². The molecule has 0 radical (unpaired) electrons. The number of thiophene rings is 1. The molecule has 1 aliphatic carbocycles. The summed E-state index contributed by atoms with van der Waals surface area (Å²) >= 11 is 1.31. The predicted molar refractivity (Wildman–Crippen MR) is 69.6 cm³/mol. The standard InChI is InChI=1S/C11H18N2O2S2/c12-7-5-10-3-4-11(16-10)17(14,15)13-8-6-9-1-2-9/h3-4,9,13H,1-2,5-8,12H2. The van der Waals surface area contributed by atoms with Gasteiger partial charge in [0.15, 0.2) is 0 Å². The van der Waals surface area contributed by atoms with Crippen molar-refractivity contribution in [3.8, 4) is 0 Å². The Bertz CT molecular complexity index is 464. The topological polar surface area (TPSA) is 72.2 Å². The lowest BCUT2D eigenvalue weighted by atomic mass is 10.3. The van der Waals surface area contributed by atoms with E-state index in [2.05, 4.69) is 4.72 Å². The summed E-state index contributed by atoms with van der Waals surface area (Å²) in [6.45, 7) is 1.10. The van der Waals surface area contributed by atoms with Gasteiger partial charge in [-0.1, -0.05) is 12.8 Å². The van der Waals surface area contributed by atoms with Crippen LogP contribution in [0.15, 0.2) is 16.3 Å². The van der Waals surface area contributed by atoms with Crippen LogP contribution in [0, 0.1) is 5.92 Å². The highest BCUT2D eigenvalue weighted by molar-refractivity contribution is 7.91. The van der Waals surface area contributed by atoms with Gasteiger partial charge >= 0.3 is 0 Å². The summed E-state index contributed by atoms with van der Waals surface area (Å²) in [7, 11) is -3.30. The first-order valence-electron chi connectivity index (χ1n) is 5.90. The first kappa shape index (κ1) is 13.0. The normalized spacial score (nSPS) is 16.3. The van der Waals surface area contributed by atoms with E-state index < -0.39 is 10.0 Å². The van der Waals surface area contributed by atoms with E-state index >= 15 is 0 Å². The van der Waals surface area contributed by atoms with Crippen LogP contribution in [0.1, 0.15) is 24.1 Å². The van der Waals surface area contributed by atoms with Gasteiger partial charge in [0.25, 0.3) is 0 Å². The van der Waals surface area contributed by atoms with E-state index in [1.54, 1.807) is 6.07 Å². The fraction of sp³-hybridized carbons (Fsp3) is 0.636. The van der Waals surface area contributed by atoms with Gasteiger partial charge in [-0.25, -0.2) is 13.1 Å². The number of sulfonamides is 1. The molecule has 0 saturated heterocycles. The molecule has 0 aliphatic heterocycles. The molecule has 0 amide bonds. The third kappa shape index (κ3) is 3.77. The van der Waals surface area contributed by atoms with Gasteiger partial charge in [0.1, 0.15) is 4.21 Å². The first-order valence-corrected chi connectivity index (χ1v) is 8.20. The molecule has 0 spiro atoms. The van der Waals surface area contributed by atoms with Crippen LogP contribution < -0.4 is 10.5 Å². The van der Waals surface area contributed by atoms with Crippen LogP contribution in [0.5, 0.6) is 0 Å². The highest BCUT2D eigenvalue weighted by Crippen LogP contribution is 2.32. The maximum Gasteiger partial charge on any atom is 0.250 e. The van der Waals surface area contributed by atoms with Crippen LogP contribution in [-0.2, 0) is 16.4 Å². The Balaban J connectivity index is 1.92. The molecule has 1 aromatic rings. The van der Waals surface area contributed by atoms with Gasteiger partial charge in [-0.2, -0.15) is 0 Å². The minimum absolute atomic E-state index is 0.400. The molecule has 96 valence electrons. The Kier molecular flexibility index (Phi) is 4.19. The zero-order valence-corrected chi connectivity index (χ0v) is 11.3. The smallest absolute Gasteiger partial charge is 0.250 e. The number of rotatable bonds is 7. The molecular formula is C11H18N2O2S2. The molecule has 2 rings (SSSR count). The van der Waals surface area contributed by atoms with Crippen molar-refractivity contribution in [3.05, 3.63) is 17.0 Å². The van der Waals surface area contributed by atoms with Crippen LogP contribution >= 0.6 is 11.3 Å². The monoisotopic (exact) mass is 274 g/mol. The number of hydrogen-bond acceptors (Lipinski definition) is 4. The quantitative estimate of drug-likeness (QED) is 0.788. The molecular weight excluding hydrogens is 256 g/mol. The van der Waals surface area contributed by atoms with E-state index in [4.69, 9.17) is 5.73 Å². The Morgan fingerprint density at radius 3 is 2.82 bits per heavy atom. The van der Waals surface area contributed by atoms with E-state index in [0.29, 0.717) is 17.3 Å². The van der Waals surface area contributed by atoms with E-state index in [0.717, 1.165) is 23.6 Å². The lowest BCUT2D eigenvalue weighted by Gasteiger charge is -2.03. The van der Waals surface area contributed by atoms with Crippen LogP contribution in [0.4, 0.5) is 0 Å². The van der Waals surface area contributed by atoms with Gasteiger partial charge < -0.3 is 5.73 Å². The molecule has 0 aromatic carbocycles. The Morgan fingerprint density at radius 1 is 1.41 bits per heavy atom. The summed E-state index contributed by atoms with van der Waals surface area (Å²) in [6, 6.07) is 3.50. The lowest BCUT2D eigenvalue weighted by molar-refractivity contribution is 0.577. The minimum Gasteiger partial charge on any atom is -0.330 e. The third-order valence-corrected chi connectivity index (χ3v) is 5.93. The van der Waals surface area contributed by atoms with Crippen molar-refractivity contribution in [2.75, 3.05) is 13.1 Å². The van der Waals surface area contributed by atoms with Crippen molar-refractivity contribution in [2.45, 2.75) is 29.9 Å². The molecule has 0 atom stereocenters. The molecule has 1 aliphatic rings. The maximum absolute atomic E-state index is 11.9. The lowest BCUT2D eigenvalue weighted by Crippen LogP contribution is -2.24. The van der Waals surface area contributed by atoms with Crippen molar-refractivity contribution in [1.29, 1.82) is 0 Å². The molecule has 0 bridgehead atoms. The molecule has 0 unspecified atom stereocenters. The highest BCUT2D eigenvalue weighted by atomic mass is 32.2. The number of nitrogens with one attached hydrogen (secondary N) is 1. The summed E-state index contributed by atoms with van der Waals surface area (Å²) < 4.78 is 26.9. The Morgan fingerprint density at radius 2 is 2.18 bits per heavy atom. The van der Waals surface area contributed by atoms with Gasteiger partial charge in [0, 0.05) is 11.4 Å². The van der Waals surface area contributed by atoms with Crippen LogP contribution in [-0.4, -0.2) is 21.5 Å². The Hall–Kier alpha value is -0.430. The molecule has 4 nitrogen and oxygen atoms in total. The molecule has 1 fully saturated rings. The zero-order valence-electron chi connectivity index (χ0n) is 9.69. The van der Waals surface area contributed by atoms with Gasteiger partial charge in [-0.05, 0) is 37.4 Å². The van der Waals surface area contributed by atoms with Crippen LogP contribution in [0.2, 0.25) is 0 Å². The van der Waals surface area contributed by atoms with E-state index in [9.17, 15) is 8.42 Å². The van der Waals surface area contributed by atoms with Gasteiger partial charge in [-0.15, -0.1) is 11.3 Å². The summed E-state index contributed by atoms with van der Waals surface area (Å²) in [5.41, 5.74) is 5.44. The van der Waals surface area contributed by atoms with Crippen molar-refractivity contribution >= 4 is 21.4 Å². The van der Waals surface area contributed by atoms with E-state index in [1.807, 2.05) is 6.07 Å². The summed E-state index contributed by atoms with van der Waals surface area (Å²) in [4.78, 5) is 1.02. The fourth-order valence-corrected chi connectivity index (χ4v) is 4.12. The van der Waals surface area contributed by atoms with E-state index in [-0.39, 0.29) is 0 Å². The summed E-state index contributed by atoms with van der Waals surface area (Å²) in [5.74, 6) is 0.744. The minimum atomic E-state index is -3.30. The average Bonchev–Trinajstić information content (AvgIpc) is 2.96. The van der Waals surface area contributed by atoms with Crippen LogP contribution in [0.3, 0.4) is 0 Å². The molecule has 6 heteroatoms. The molecule has 3 N–H and O–H groups in total. The summed E-state index contributed by atoms with van der Waals surface area (Å²) in [6.07, 6.45) is 4.20. The molecule has 1 aromatic heterocycles. The molecule has 17 heavy (non-hydrogen) atoms. The fourth-order valence-electron chi connectivity index (χ4n) is 1.65. The summed E-state index contributed by atoms with van der Waals surface area (Å²) in [5, 5.41) is 0. The van der Waals surface area contributed by atoms with Crippen LogP contribution in [0.25, 0.3) is 0 Å². The second-order valence-corrected chi connectivity index (χ2v) is 7.55. The van der Waals surface area contributed by atoms with Gasteiger partial charge in [-0.3, -0.25) is 0 Å². The first-order chi connectivity index (χ1) is 8.12.